The average molecular weight is 1350 g/mol. The number of H-pyrrole nitrogens is 2. The summed E-state index contributed by atoms with van der Waals surface area (Å²) < 4.78 is 141. The zero-order chi connectivity index (χ0) is 67.1. The summed E-state index contributed by atoms with van der Waals surface area (Å²) in [5.74, 6) is 2.51. The van der Waals surface area contributed by atoms with Crippen LogP contribution in [0.5, 0.6) is 46.0 Å². The Morgan fingerprint density at radius 2 is 0.385 bits per heavy atom. The lowest BCUT2D eigenvalue weighted by Crippen LogP contribution is -2.10. The zero-order valence-corrected chi connectivity index (χ0v) is 55.1. The molecule has 7 aromatic rings. The number of hydrogen-bond acceptors (Lipinski definition) is 30. The molecule has 32 heteroatoms. The van der Waals surface area contributed by atoms with Crippen molar-refractivity contribution in [3.8, 4) is 91.5 Å². The zero-order valence-electron chi connectivity index (χ0n) is 55.1. The second-order valence-electron chi connectivity index (χ2n) is 20.2. The quantitative estimate of drug-likeness (QED) is 0.0290. The minimum atomic E-state index is -0.212. The summed E-state index contributed by atoms with van der Waals surface area (Å²) in [5.41, 5.74) is 1.94. The van der Waals surface area contributed by atoms with E-state index in [0.717, 1.165) is 0 Å². The number of nitrogens with one attached hydrogen (secondary N) is 2. The smallest absolute Gasteiger partial charge is 0.189 e. The first kappa shape index (κ1) is 72.3. The van der Waals surface area contributed by atoms with Gasteiger partial charge in [-0.3, -0.25) is 0 Å². The van der Waals surface area contributed by atoms with Crippen LogP contribution in [-0.2, 0) is 75.8 Å². The van der Waals surface area contributed by atoms with Gasteiger partial charge in [0.25, 0.3) is 0 Å². The summed E-state index contributed by atoms with van der Waals surface area (Å²) in [4.78, 5) is 39.2. The molecule has 9 rings (SSSR count). The maximum absolute atomic E-state index is 6.49. The second kappa shape index (κ2) is 39.3. The van der Waals surface area contributed by atoms with Crippen LogP contribution in [0, 0.1) is 0 Å². The molecule has 2 N–H and O–H groups in total. The maximum Gasteiger partial charge on any atom is 0.189 e. The minimum absolute atomic E-state index is 0.0681. The van der Waals surface area contributed by atoms with Crippen molar-refractivity contribution in [1.82, 2.24) is 39.9 Å². The van der Waals surface area contributed by atoms with E-state index >= 15 is 0 Å². The van der Waals surface area contributed by atoms with Crippen molar-refractivity contribution in [2.45, 2.75) is 0 Å². The molecule has 0 radical (unpaired) electrons. The molecule has 2 aliphatic rings. The summed E-state index contributed by atoms with van der Waals surface area (Å²) in [7, 11) is 12.6. The van der Waals surface area contributed by atoms with Crippen molar-refractivity contribution in [2.24, 2.45) is 0 Å². The van der Waals surface area contributed by atoms with Crippen molar-refractivity contribution in [3.63, 3.8) is 0 Å². The standard InChI is InChI=1S/C64H82N8O24/c1-73-17-25-81-33-89-41-9-10-42(90-34-82-26-18-74-2)50-49(41)57-65-58(50)70-60-53-45(93-37-85-29-21-77-5)13-14-46(94-38-86-30-22-78-6)54(53)62(67-60)72-64-56-48(96-40-88-32-24-80-8)16-15-47(95-39-87-31-23-79-7)55(56)63(68-64)71-61-52-44(92-36-84-28-20-76-4)12-11-43(51(52)59(66-61)69-57)91-35-83-27-19-75-3/h9-16H,17-40H2,1-8H3,(H2,65,66,67,68,69,70,71,72). The Morgan fingerprint density at radius 1 is 0.219 bits per heavy atom. The van der Waals surface area contributed by atoms with Crippen molar-refractivity contribution < 1.29 is 114 Å². The van der Waals surface area contributed by atoms with Crippen molar-refractivity contribution in [3.05, 3.63) is 48.5 Å². The molecular formula is C64H82N8O24. The predicted molar refractivity (Wildman–Crippen MR) is 343 cm³/mol. The SMILES string of the molecule is COCCOCOc1ccc(OCOCCOC)c2c1-c1nc-2nc2[nH]c(nc3nc(nc4[nH]c(n1)c1c(OCOCCOC)ccc(OCOCCOC)c41)-c1c(OCOCCOC)ccc(OCOCCOC)c1-3)c1c(OCOCCOC)ccc(OCOCCOC)c21. The molecule has 0 fully saturated rings. The van der Waals surface area contributed by atoms with Gasteiger partial charge in [0.15, 0.2) is 77.6 Å². The van der Waals surface area contributed by atoms with E-state index in [-0.39, 0.29) is 199 Å². The van der Waals surface area contributed by atoms with Crippen LogP contribution in [0.1, 0.15) is 0 Å². The van der Waals surface area contributed by atoms with E-state index in [9.17, 15) is 0 Å². The highest BCUT2D eigenvalue weighted by Gasteiger charge is 2.33. The Morgan fingerprint density at radius 3 is 0.562 bits per heavy atom. The van der Waals surface area contributed by atoms with Gasteiger partial charge in [0.05, 0.1) is 150 Å². The number of ether oxygens (including phenoxy) is 24. The molecule has 0 unspecified atom stereocenters. The van der Waals surface area contributed by atoms with Gasteiger partial charge in [-0.25, -0.2) is 29.9 Å². The van der Waals surface area contributed by atoms with Gasteiger partial charge in [0.2, 0.25) is 0 Å². The van der Waals surface area contributed by atoms with Gasteiger partial charge in [-0.15, -0.1) is 0 Å². The van der Waals surface area contributed by atoms with E-state index in [2.05, 4.69) is 9.97 Å². The summed E-state index contributed by atoms with van der Waals surface area (Å²) in [6.45, 7) is 2.56. The maximum atomic E-state index is 6.49. The van der Waals surface area contributed by atoms with Crippen molar-refractivity contribution in [2.75, 3.05) is 217 Å². The number of aromatic nitrogens is 8. The normalized spacial score (nSPS) is 11.8. The van der Waals surface area contributed by atoms with Crippen molar-refractivity contribution >= 4 is 44.1 Å². The van der Waals surface area contributed by atoms with Gasteiger partial charge in [-0.2, -0.15) is 0 Å². The number of methoxy groups -OCH3 is 8. The number of fused-ring (bicyclic) bond motifs is 20. The highest BCUT2D eigenvalue weighted by atomic mass is 16.7. The molecule has 2 aliphatic heterocycles. The van der Waals surface area contributed by atoms with Crippen LogP contribution in [0.25, 0.3) is 89.7 Å². The van der Waals surface area contributed by atoms with Gasteiger partial charge in [-0.05, 0) is 48.5 Å². The van der Waals surface area contributed by atoms with E-state index in [1.54, 1.807) is 105 Å². The van der Waals surface area contributed by atoms with Gasteiger partial charge in [0.1, 0.15) is 68.6 Å². The van der Waals surface area contributed by atoms with Crippen LogP contribution in [0.15, 0.2) is 48.5 Å². The second-order valence-corrected chi connectivity index (χ2v) is 20.2. The largest absolute Gasteiger partial charge is 0.467 e. The van der Waals surface area contributed by atoms with E-state index in [1.807, 2.05) is 0 Å². The molecule has 0 amide bonds. The van der Waals surface area contributed by atoms with E-state index in [1.165, 1.54) is 0 Å². The lowest BCUT2D eigenvalue weighted by atomic mass is 10.1. The van der Waals surface area contributed by atoms with Gasteiger partial charge < -0.3 is 124 Å². The number of hydrogen-bond donors (Lipinski definition) is 2. The molecule has 0 atom stereocenters. The van der Waals surface area contributed by atoms with Crippen LogP contribution < -0.4 is 37.9 Å². The number of rotatable bonds is 48. The highest BCUT2D eigenvalue weighted by molar-refractivity contribution is 6.13. The van der Waals surface area contributed by atoms with Crippen LogP contribution in [0.4, 0.5) is 0 Å². The first-order chi connectivity index (χ1) is 47.4. The lowest BCUT2D eigenvalue weighted by Gasteiger charge is -2.15. The topological polar surface area (TPSA) is 330 Å². The molecule has 0 aliphatic carbocycles. The van der Waals surface area contributed by atoms with E-state index in [0.29, 0.717) is 96.7 Å². The number of aromatic amines is 2. The first-order valence-corrected chi connectivity index (χ1v) is 30.5. The van der Waals surface area contributed by atoms with Crippen LogP contribution >= 0.6 is 0 Å². The van der Waals surface area contributed by atoms with Crippen molar-refractivity contribution in [1.29, 1.82) is 0 Å². The highest BCUT2D eigenvalue weighted by Crippen LogP contribution is 2.50. The minimum Gasteiger partial charge on any atom is -0.467 e. The Kier molecular flexibility index (Phi) is 29.6. The molecule has 96 heavy (non-hydrogen) atoms. The lowest BCUT2D eigenvalue weighted by molar-refractivity contribution is -0.00973. The molecule has 0 spiro atoms. The Balaban J connectivity index is 1.45. The molecule has 0 saturated carbocycles. The van der Waals surface area contributed by atoms with Crippen LogP contribution in [0.3, 0.4) is 0 Å². The number of benzene rings is 4. The number of nitrogens with zero attached hydrogens (tertiary/aromatic N) is 6. The van der Waals surface area contributed by atoms with Crippen LogP contribution in [-0.4, -0.2) is 257 Å². The summed E-state index contributed by atoms with van der Waals surface area (Å²) in [5, 5.41) is 1.43. The monoisotopic (exact) mass is 1350 g/mol. The molecule has 32 nitrogen and oxygen atoms in total. The third kappa shape index (κ3) is 19.2. The Bertz CT molecular complexity index is 3260. The van der Waals surface area contributed by atoms with Gasteiger partial charge in [-0.1, -0.05) is 0 Å². The Labute approximate surface area is 552 Å². The molecule has 3 aromatic heterocycles. The summed E-state index contributed by atoms with van der Waals surface area (Å²) in [6, 6.07) is 13.7. The third-order valence-electron chi connectivity index (χ3n) is 14.0. The predicted octanol–water partition coefficient (Wildman–Crippen LogP) is 6.86. The fourth-order valence-corrected chi connectivity index (χ4v) is 9.48. The molecule has 0 saturated heterocycles. The summed E-state index contributed by atoms with van der Waals surface area (Å²) >= 11 is 0. The Hall–Kier alpha value is -8.00. The summed E-state index contributed by atoms with van der Waals surface area (Å²) in [6.07, 6.45) is 0. The van der Waals surface area contributed by atoms with Crippen LogP contribution in [0.2, 0.25) is 0 Å². The first-order valence-electron chi connectivity index (χ1n) is 30.5. The molecule has 522 valence electrons. The molecular weight excluding hydrogens is 1260 g/mol. The fraction of sp³-hybridized carbons (Fsp3) is 0.500. The van der Waals surface area contributed by atoms with Gasteiger partial charge in [0, 0.05) is 56.9 Å². The fourth-order valence-electron chi connectivity index (χ4n) is 9.48. The molecule has 8 bridgehead atoms. The van der Waals surface area contributed by atoms with E-state index < -0.39 is 0 Å². The van der Waals surface area contributed by atoms with E-state index in [4.69, 9.17) is 144 Å². The molecule has 5 heterocycles. The third-order valence-corrected chi connectivity index (χ3v) is 14.0. The average Bonchev–Trinajstić information content (AvgIpc) is 1.63. The van der Waals surface area contributed by atoms with Gasteiger partial charge >= 0.3 is 0 Å². The molecule has 4 aromatic carbocycles.